The summed E-state index contributed by atoms with van der Waals surface area (Å²) in [6, 6.07) is 14.2. The molecule has 0 saturated heterocycles. The van der Waals surface area contributed by atoms with E-state index in [2.05, 4.69) is 10.5 Å². The van der Waals surface area contributed by atoms with Crippen LogP contribution in [0.4, 0.5) is 0 Å². The van der Waals surface area contributed by atoms with Crippen LogP contribution in [0.25, 0.3) is 0 Å². The Hall–Kier alpha value is -2.51. The number of nitrogens with zero attached hydrogens (tertiary/aromatic N) is 1. The van der Waals surface area contributed by atoms with Gasteiger partial charge in [0.15, 0.2) is 9.84 Å². The first kappa shape index (κ1) is 19.3. The molecule has 0 fully saturated rings. The Kier molecular flexibility index (Phi) is 5.43. The number of carbonyl (C=O) groups is 1. The summed E-state index contributed by atoms with van der Waals surface area (Å²) in [5.74, 6) is -0.0519. The number of sulfone groups is 1. The molecule has 2 aromatic rings. The van der Waals surface area contributed by atoms with E-state index in [1.807, 2.05) is 38.1 Å². The van der Waals surface area contributed by atoms with Gasteiger partial charge in [-0.2, -0.15) is 5.10 Å². The minimum Gasteiger partial charge on any atom is -0.315 e. The molecular weight excluding hydrogens is 362 g/mol. The van der Waals surface area contributed by atoms with Gasteiger partial charge in [0.25, 0.3) is 0 Å². The van der Waals surface area contributed by atoms with E-state index < -0.39 is 15.2 Å². The van der Waals surface area contributed by atoms with Gasteiger partial charge in [0.1, 0.15) is 5.37 Å². The Morgan fingerprint density at radius 1 is 1.15 bits per heavy atom. The van der Waals surface area contributed by atoms with Crippen LogP contribution in [0.3, 0.4) is 0 Å². The van der Waals surface area contributed by atoms with Crippen LogP contribution < -0.4 is 11.2 Å². The van der Waals surface area contributed by atoms with Crippen molar-refractivity contribution in [2.24, 2.45) is 16.8 Å². The summed E-state index contributed by atoms with van der Waals surface area (Å²) in [6.45, 7) is 3.86. The number of hydrazone groups is 1. The molecule has 0 radical (unpaired) electrons. The third kappa shape index (κ3) is 4.26. The van der Waals surface area contributed by atoms with E-state index in [9.17, 15) is 13.2 Å². The molecule has 2 aromatic carbocycles. The average molecular weight is 385 g/mol. The van der Waals surface area contributed by atoms with Crippen LogP contribution in [0.2, 0.25) is 0 Å². The molecule has 2 atom stereocenters. The summed E-state index contributed by atoms with van der Waals surface area (Å²) in [4.78, 5) is 11.6. The van der Waals surface area contributed by atoms with Crippen LogP contribution in [-0.4, -0.2) is 25.4 Å². The summed E-state index contributed by atoms with van der Waals surface area (Å²) >= 11 is 0. The number of aryl methyl sites for hydroxylation is 1. The highest BCUT2D eigenvalue weighted by Gasteiger charge is 2.25. The maximum absolute atomic E-state index is 12.7. The number of benzene rings is 2. The number of carbonyl (C=O) groups excluding carboxylic acids is 1. The van der Waals surface area contributed by atoms with E-state index in [-0.39, 0.29) is 23.1 Å². The van der Waals surface area contributed by atoms with E-state index >= 15 is 0 Å². The normalized spacial score (nSPS) is 18.6. The third-order valence-corrected chi connectivity index (χ3v) is 6.59. The van der Waals surface area contributed by atoms with Gasteiger partial charge < -0.3 is 5.73 Å². The van der Waals surface area contributed by atoms with E-state index in [0.29, 0.717) is 6.42 Å². The lowest BCUT2D eigenvalue weighted by molar-refractivity contribution is -0.121. The highest BCUT2D eigenvalue weighted by Crippen LogP contribution is 2.20. The zero-order valence-corrected chi connectivity index (χ0v) is 16.2. The zero-order valence-electron chi connectivity index (χ0n) is 15.3. The molecule has 142 valence electrons. The van der Waals surface area contributed by atoms with Crippen molar-refractivity contribution in [3.63, 3.8) is 0 Å². The van der Waals surface area contributed by atoms with Crippen molar-refractivity contribution in [3.8, 4) is 0 Å². The zero-order chi connectivity index (χ0) is 19.6. The highest BCUT2D eigenvalue weighted by atomic mass is 32.2. The molecule has 27 heavy (non-hydrogen) atoms. The third-order valence-electron chi connectivity index (χ3n) is 4.69. The van der Waals surface area contributed by atoms with E-state index in [1.54, 1.807) is 24.3 Å². The first-order valence-electron chi connectivity index (χ1n) is 8.79. The molecule has 0 spiro atoms. The van der Waals surface area contributed by atoms with Crippen molar-refractivity contribution >= 4 is 21.5 Å². The molecule has 1 aliphatic heterocycles. The van der Waals surface area contributed by atoms with Crippen LogP contribution in [0.15, 0.2) is 58.5 Å². The molecule has 0 aromatic heterocycles. The lowest BCUT2D eigenvalue weighted by Gasteiger charge is -2.19. The van der Waals surface area contributed by atoms with Crippen molar-refractivity contribution in [2.75, 3.05) is 0 Å². The number of nitrogens with one attached hydrogen (secondary N) is 1. The Morgan fingerprint density at radius 2 is 1.78 bits per heavy atom. The SMILES string of the molecule is Cc1ccc(S(=O)(=O)C(N)Cc2ccc(C3=NNC(=O)CC3C)cc2)cc1. The number of rotatable bonds is 5. The van der Waals surface area contributed by atoms with E-state index in [0.717, 1.165) is 22.4 Å². The molecule has 2 unspecified atom stereocenters. The largest absolute Gasteiger partial charge is 0.315 e. The van der Waals surface area contributed by atoms with E-state index in [4.69, 9.17) is 5.73 Å². The monoisotopic (exact) mass is 385 g/mol. The van der Waals surface area contributed by atoms with Gasteiger partial charge in [-0.25, -0.2) is 13.8 Å². The fourth-order valence-electron chi connectivity index (χ4n) is 3.06. The van der Waals surface area contributed by atoms with Gasteiger partial charge in [-0.05, 0) is 30.2 Å². The molecule has 1 heterocycles. The Balaban J connectivity index is 1.74. The molecular formula is C20H23N3O3S. The number of hydrogen-bond acceptors (Lipinski definition) is 5. The lowest BCUT2D eigenvalue weighted by atomic mass is 9.93. The molecule has 3 rings (SSSR count). The second-order valence-corrected chi connectivity index (χ2v) is 9.10. The van der Waals surface area contributed by atoms with Crippen molar-refractivity contribution in [3.05, 3.63) is 65.2 Å². The van der Waals surface area contributed by atoms with Gasteiger partial charge in [0.2, 0.25) is 5.91 Å². The van der Waals surface area contributed by atoms with Gasteiger partial charge >= 0.3 is 0 Å². The number of nitrogens with two attached hydrogens (primary N) is 1. The van der Waals surface area contributed by atoms with Crippen molar-refractivity contribution < 1.29 is 13.2 Å². The van der Waals surface area contributed by atoms with Crippen LogP contribution in [0, 0.1) is 12.8 Å². The molecule has 0 saturated carbocycles. The van der Waals surface area contributed by atoms with Gasteiger partial charge in [-0.1, -0.05) is 48.9 Å². The Labute approximate surface area is 159 Å². The van der Waals surface area contributed by atoms with Crippen molar-refractivity contribution in [2.45, 2.75) is 37.0 Å². The van der Waals surface area contributed by atoms with Crippen LogP contribution in [0.5, 0.6) is 0 Å². The van der Waals surface area contributed by atoms with Crippen molar-refractivity contribution in [1.82, 2.24) is 5.43 Å². The number of amides is 1. The topological polar surface area (TPSA) is 102 Å². The van der Waals surface area contributed by atoms with Crippen LogP contribution in [-0.2, 0) is 21.1 Å². The maximum atomic E-state index is 12.7. The first-order valence-corrected chi connectivity index (χ1v) is 10.3. The maximum Gasteiger partial charge on any atom is 0.240 e. The molecule has 1 aliphatic rings. The smallest absolute Gasteiger partial charge is 0.240 e. The molecule has 0 bridgehead atoms. The molecule has 3 N–H and O–H groups in total. The second-order valence-electron chi connectivity index (χ2n) is 6.93. The summed E-state index contributed by atoms with van der Waals surface area (Å²) in [7, 11) is -3.59. The standard InChI is InChI=1S/C20H23N3O3S/c1-13-3-9-17(10-4-13)27(25,26)18(21)12-15-5-7-16(8-6-15)20-14(2)11-19(24)22-23-20/h3-10,14,18H,11-12,21H2,1-2H3,(H,22,24). The summed E-state index contributed by atoms with van der Waals surface area (Å²) in [5, 5.41) is 3.12. The fourth-order valence-corrected chi connectivity index (χ4v) is 4.34. The predicted molar refractivity (Wildman–Crippen MR) is 105 cm³/mol. The second kappa shape index (κ2) is 7.62. The summed E-state index contributed by atoms with van der Waals surface area (Å²) in [5.41, 5.74) is 12.1. The van der Waals surface area contributed by atoms with Crippen LogP contribution in [0.1, 0.15) is 30.0 Å². The Morgan fingerprint density at radius 3 is 2.37 bits per heavy atom. The first-order chi connectivity index (χ1) is 12.8. The minimum absolute atomic E-state index is 0.0359. The van der Waals surface area contributed by atoms with Gasteiger partial charge in [0, 0.05) is 18.8 Å². The molecule has 7 heteroatoms. The molecule has 0 aliphatic carbocycles. The van der Waals surface area contributed by atoms with Gasteiger partial charge in [0.05, 0.1) is 10.6 Å². The lowest BCUT2D eigenvalue weighted by Crippen LogP contribution is -2.33. The fraction of sp³-hybridized carbons (Fsp3) is 0.300. The van der Waals surface area contributed by atoms with Crippen LogP contribution >= 0.6 is 0 Å². The van der Waals surface area contributed by atoms with Gasteiger partial charge in [-0.15, -0.1) is 0 Å². The quantitative estimate of drug-likeness (QED) is 0.823. The highest BCUT2D eigenvalue weighted by molar-refractivity contribution is 7.92. The van der Waals surface area contributed by atoms with E-state index in [1.165, 1.54) is 0 Å². The predicted octanol–water partition coefficient (Wildman–Crippen LogP) is 2.16. The van der Waals surface area contributed by atoms with Crippen molar-refractivity contribution in [1.29, 1.82) is 0 Å². The summed E-state index contributed by atoms with van der Waals surface area (Å²) in [6.07, 6.45) is 0.621. The molecule has 1 amide bonds. The van der Waals surface area contributed by atoms with Gasteiger partial charge in [-0.3, -0.25) is 4.79 Å². The average Bonchev–Trinajstić information content (AvgIpc) is 2.63. The Bertz CT molecular complexity index is 965. The minimum atomic E-state index is -3.59. The summed E-state index contributed by atoms with van der Waals surface area (Å²) < 4.78 is 25.3. The number of hydrogen-bond donors (Lipinski definition) is 2. The molecule has 6 nitrogen and oxygen atoms in total.